The number of hydrogen-bond acceptors (Lipinski definition) is 5. The van der Waals surface area contributed by atoms with E-state index in [4.69, 9.17) is 5.48 Å². The average molecular weight is 377 g/mol. The maximum absolute atomic E-state index is 11.5. The number of benzene rings is 3. The van der Waals surface area contributed by atoms with Crippen molar-refractivity contribution in [3.63, 3.8) is 0 Å². The third-order valence-corrected chi connectivity index (χ3v) is 3.93. The highest BCUT2D eigenvalue weighted by atomic mass is 16.4. The summed E-state index contributed by atoms with van der Waals surface area (Å²) in [6.07, 6.45) is 0. The van der Waals surface area contributed by atoms with E-state index >= 15 is 0 Å². The van der Waals surface area contributed by atoms with Gasteiger partial charge in [0.25, 0.3) is 0 Å². The van der Waals surface area contributed by atoms with Gasteiger partial charge >= 0.3 is 5.97 Å². The number of phenols is 2. The Labute approximate surface area is 165 Å². The van der Waals surface area contributed by atoms with Gasteiger partial charge in [-0.1, -0.05) is 24.3 Å². The van der Waals surface area contributed by atoms with Crippen LogP contribution in [0.25, 0.3) is 28.5 Å². The molecular weight excluding hydrogens is 358 g/mol. The number of nitrogens with zero attached hydrogens (tertiary/aromatic N) is 3. The van der Waals surface area contributed by atoms with Crippen molar-refractivity contribution in [2.24, 2.45) is 0 Å². The van der Waals surface area contributed by atoms with Gasteiger partial charge in [0.05, 0.1) is 27.9 Å². The van der Waals surface area contributed by atoms with Crippen LogP contribution in [0.3, 0.4) is 0 Å². The summed E-state index contributed by atoms with van der Waals surface area (Å²) in [5.74, 6) is -1.93. The molecule has 0 saturated heterocycles. The molecule has 0 aliphatic rings. The lowest BCUT2D eigenvalue weighted by molar-refractivity contribution is 0.0697. The Bertz CT molecular complexity index is 1360. The number of rotatable bonds is 4. The smallest absolute Gasteiger partial charge is 0.335 e. The van der Waals surface area contributed by atoms with Crippen LogP contribution in [-0.4, -0.2) is 36.1 Å². The van der Waals surface area contributed by atoms with Crippen molar-refractivity contribution in [1.29, 1.82) is 0 Å². The number of aromatic nitrogens is 3. The second-order valence-electron chi connectivity index (χ2n) is 5.73. The van der Waals surface area contributed by atoms with Crippen molar-refractivity contribution in [1.82, 2.24) is 14.8 Å². The van der Waals surface area contributed by atoms with Gasteiger partial charge in [-0.25, -0.2) is 14.5 Å². The van der Waals surface area contributed by atoms with Crippen molar-refractivity contribution < 1.29 is 25.6 Å². The molecule has 0 unspecified atom stereocenters. The quantitative estimate of drug-likeness (QED) is 0.500. The number of aromatic hydroxyl groups is 2. The van der Waals surface area contributed by atoms with E-state index in [0.717, 1.165) is 4.68 Å². The Morgan fingerprint density at radius 3 is 2.04 bits per heavy atom. The molecule has 0 radical (unpaired) electrons. The molecule has 3 aromatic carbocycles. The fourth-order valence-corrected chi connectivity index (χ4v) is 2.60. The van der Waals surface area contributed by atoms with Gasteiger partial charge in [-0.2, -0.15) is 0 Å². The van der Waals surface area contributed by atoms with E-state index in [0.29, 0.717) is 0 Å². The summed E-state index contributed by atoms with van der Waals surface area (Å²) in [6, 6.07) is 9.55. The molecule has 0 atom stereocenters. The van der Waals surface area contributed by atoms with E-state index in [1.54, 1.807) is 30.3 Å². The number of phenolic OH excluding ortho intramolecular Hbond substituents is 2. The molecule has 0 saturated carbocycles. The van der Waals surface area contributed by atoms with E-state index in [1.807, 2.05) is 0 Å². The number of para-hydroxylation sites is 2. The Hall–Kier alpha value is -4.13. The Kier molecular flexibility index (Phi) is 3.22. The Morgan fingerprint density at radius 1 is 0.893 bits per heavy atom. The first kappa shape index (κ1) is 13.1. The predicted octanol–water partition coefficient (Wildman–Crippen LogP) is 3.71. The van der Waals surface area contributed by atoms with Gasteiger partial charge in [-0.05, 0) is 48.4 Å². The first-order chi connectivity index (χ1) is 15.2. The summed E-state index contributed by atoms with van der Waals surface area (Å²) in [4.78, 5) is 15.8. The van der Waals surface area contributed by atoms with Crippen LogP contribution in [0.5, 0.6) is 11.5 Å². The first-order valence-electron chi connectivity index (χ1n) is 10.1. The van der Waals surface area contributed by atoms with Crippen LogP contribution in [0.1, 0.15) is 15.8 Å². The monoisotopic (exact) mass is 377 g/mol. The minimum Gasteiger partial charge on any atom is -0.507 e. The van der Waals surface area contributed by atoms with Gasteiger partial charge in [0, 0.05) is 0 Å². The number of carboxylic acid groups (broad SMARTS) is 1. The maximum atomic E-state index is 11.5. The van der Waals surface area contributed by atoms with E-state index in [-0.39, 0.29) is 40.0 Å². The zero-order valence-corrected chi connectivity index (χ0v) is 14.2. The summed E-state index contributed by atoms with van der Waals surface area (Å²) in [7, 11) is 0. The molecular formula is C21H15N3O4. The van der Waals surface area contributed by atoms with Crippen LogP contribution >= 0.6 is 0 Å². The van der Waals surface area contributed by atoms with Crippen molar-refractivity contribution in [2.45, 2.75) is 0 Å². The molecule has 138 valence electrons. The van der Waals surface area contributed by atoms with E-state index in [2.05, 4.69) is 10.1 Å². The molecule has 1 heterocycles. The molecule has 4 rings (SSSR count). The molecule has 28 heavy (non-hydrogen) atoms. The van der Waals surface area contributed by atoms with Crippen molar-refractivity contribution in [2.75, 3.05) is 0 Å². The number of aromatic carboxylic acids is 1. The largest absolute Gasteiger partial charge is 0.507 e. The summed E-state index contributed by atoms with van der Waals surface area (Å²) in [5.41, 5.74) is -0.701. The van der Waals surface area contributed by atoms with Gasteiger partial charge in [-0.15, -0.1) is 5.10 Å². The lowest BCUT2D eigenvalue weighted by Crippen LogP contribution is -2.02. The molecule has 0 fully saturated rings. The standard InChI is InChI=1S/C21H15N3O4/c25-17-7-3-1-5-15(17)19-22-20(16-6-2-4-8-18(16)26)24(23-19)14-11-9-13(10-12-14)21(27)28/h1-12,25-26H,(H,27,28)/i9D,10D,11D,12D. The van der Waals surface area contributed by atoms with Crippen LogP contribution in [0.15, 0.2) is 72.7 Å². The summed E-state index contributed by atoms with van der Waals surface area (Å²) in [5, 5.41) is 34.2. The molecule has 3 N–H and O–H groups in total. The fourth-order valence-electron chi connectivity index (χ4n) is 2.60. The molecule has 0 aliphatic heterocycles. The molecule has 0 spiro atoms. The summed E-state index contributed by atoms with van der Waals surface area (Å²) in [6.45, 7) is 0. The molecule has 4 aromatic rings. The minimum absolute atomic E-state index is 0.000486. The van der Waals surface area contributed by atoms with Crippen LogP contribution in [0, 0.1) is 0 Å². The van der Waals surface area contributed by atoms with Crippen LogP contribution in [0.4, 0.5) is 0 Å². The van der Waals surface area contributed by atoms with Crippen molar-refractivity contribution in [3.05, 3.63) is 78.3 Å². The third-order valence-electron chi connectivity index (χ3n) is 3.93. The third kappa shape index (κ3) is 3.05. The first-order valence-corrected chi connectivity index (χ1v) is 8.10. The second kappa shape index (κ2) is 6.88. The maximum Gasteiger partial charge on any atom is 0.335 e. The summed E-state index contributed by atoms with van der Waals surface area (Å²) < 4.78 is 33.7. The van der Waals surface area contributed by atoms with Crippen molar-refractivity contribution in [3.8, 4) is 40.0 Å². The molecule has 7 heteroatoms. The average Bonchev–Trinajstić information content (AvgIpc) is 3.17. The minimum atomic E-state index is -1.59. The molecule has 1 aromatic heterocycles. The van der Waals surface area contributed by atoms with E-state index in [1.165, 1.54) is 18.2 Å². The predicted molar refractivity (Wildman–Crippen MR) is 103 cm³/mol. The van der Waals surface area contributed by atoms with Gasteiger partial charge in [0.1, 0.15) is 11.5 Å². The zero-order chi connectivity index (χ0) is 23.2. The highest BCUT2D eigenvalue weighted by Gasteiger charge is 2.19. The summed E-state index contributed by atoms with van der Waals surface area (Å²) >= 11 is 0. The normalized spacial score (nSPS) is 12.7. The van der Waals surface area contributed by atoms with Crippen molar-refractivity contribution >= 4 is 5.97 Å². The highest BCUT2D eigenvalue weighted by Crippen LogP contribution is 2.33. The number of carboxylic acids is 1. The fraction of sp³-hybridized carbons (Fsp3) is 0. The second-order valence-corrected chi connectivity index (χ2v) is 5.73. The zero-order valence-electron chi connectivity index (χ0n) is 18.2. The molecule has 0 aliphatic carbocycles. The van der Waals surface area contributed by atoms with Gasteiger partial charge in [0.2, 0.25) is 0 Å². The van der Waals surface area contributed by atoms with E-state index < -0.39 is 35.7 Å². The SMILES string of the molecule is [2H]c1c([2H])c(-n2nc(-c3ccccc3O)nc2-c2ccccc2O)c([2H])c([2H])c1C(=O)O. The van der Waals surface area contributed by atoms with Crippen LogP contribution in [0.2, 0.25) is 0 Å². The Balaban J connectivity index is 2.09. The van der Waals surface area contributed by atoms with Gasteiger partial charge < -0.3 is 15.3 Å². The Morgan fingerprint density at radius 2 is 1.46 bits per heavy atom. The van der Waals surface area contributed by atoms with Crippen LogP contribution < -0.4 is 0 Å². The van der Waals surface area contributed by atoms with Gasteiger partial charge in [0.15, 0.2) is 11.6 Å². The lowest BCUT2D eigenvalue weighted by atomic mass is 10.1. The number of carbonyl (C=O) groups is 1. The van der Waals surface area contributed by atoms with Crippen LogP contribution in [-0.2, 0) is 0 Å². The molecule has 7 nitrogen and oxygen atoms in total. The lowest BCUT2D eigenvalue weighted by Gasteiger charge is -2.07. The number of hydrogen-bond donors (Lipinski definition) is 3. The highest BCUT2D eigenvalue weighted by molar-refractivity contribution is 5.87. The molecule has 0 amide bonds. The van der Waals surface area contributed by atoms with Gasteiger partial charge in [-0.3, -0.25) is 0 Å². The molecule has 0 bridgehead atoms. The topological polar surface area (TPSA) is 108 Å². The van der Waals surface area contributed by atoms with E-state index in [9.17, 15) is 20.1 Å².